The third kappa shape index (κ3) is 4.27. The summed E-state index contributed by atoms with van der Waals surface area (Å²) in [5, 5.41) is 13.6. The topological polar surface area (TPSA) is 76.7 Å². The number of non-ortho nitro benzene ring substituents is 1. The maximum Gasteiger partial charge on any atom is 0.279 e. The third-order valence-electron chi connectivity index (χ3n) is 4.20. The Morgan fingerprint density at radius 2 is 2.00 bits per heavy atom. The van der Waals surface area contributed by atoms with E-state index in [1.165, 1.54) is 23.5 Å². The molecule has 0 unspecified atom stereocenters. The number of hydrogen-bond acceptors (Lipinski definition) is 3. The fourth-order valence-electron chi connectivity index (χ4n) is 3.35. The van der Waals surface area contributed by atoms with E-state index in [0.717, 1.165) is 18.7 Å². The van der Waals surface area contributed by atoms with Gasteiger partial charge in [-0.1, -0.05) is 19.9 Å². The van der Waals surface area contributed by atoms with E-state index in [0.29, 0.717) is 24.1 Å². The molecule has 1 heterocycles. The molecular formula is C16H24N3O3+. The van der Waals surface area contributed by atoms with E-state index in [2.05, 4.69) is 19.2 Å². The van der Waals surface area contributed by atoms with Crippen LogP contribution in [0, 0.1) is 28.9 Å². The van der Waals surface area contributed by atoms with Gasteiger partial charge in [-0.2, -0.15) is 0 Å². The summed E-state index contributed by atoms with van der Waals surface area (Å²) in [6, 6.07) is 4.53. The van der Waals surface area contributed by atoms with Crippen LogP contribution in [0.25, 0.3) is 0 Å². The molecule has 1 aromatic carbocycles. The Bertz CT molecular complexity index is 564. The van der Waals surface area contributed by atoms with E-state index in [1.807, 2.05) is 6.92 Å². The average Bonchev–Trinajstić information content (AvgIpc) is 2.39. The highest BCUT2D eigenvalue weighted by Crippen LogP contribution is 2.21. The van der Waals surface area contributed by atoms with Gasteiger partial charge in [-0.15, -0.1) is 0 Å². The number of anilines is 1. The van der Waals surface area contributed by atoms with Gasteiger partial charge in [0.15, 0.2) is 6.54 Å². The number of benzene rings is 1. The zero-order valence-electron chi connectivity index (χ0n) is 13.4. The molecule has 120 valence electrons. The van der Waals surface area contributed by atoms with Gasteiger partial charge in [0, 0.05) is 24.0 Å². The van der Waals surface area contributed by atoms with Crippen LogP contribution >= 0.6 is 0 Å². The van der Waals surface area contributed by atoms with Gasteiger partial charge in [-0.3, -0.25) is 14.9 Å². The van der Waals surface area contributed by atoms with E-state index >= 15 is 0 Å². The molecule has 0 bridgehead atoms. The number of nitro groups is 1. The summed E-state index contributed by atoms with van der Waals surface area (Å²) in [5.41, 5.74) is 1.35. The second-order valence-electron chi connectivity index (χ2n) is 6.59. The first-order valence-electron chi connectivity index (χ1n) is 7.73. The van der Waals surface area contributed by atoms with Crippen molar-refractivity contribution in [1.29, 1.82) is 0 Å². The lowest BCUT2D eigenvalue weighted by atomic mass is 9.92. The Hall–Kier alpha value is -1.95. The Balaban J connectivity index is 2.00. The van der Waals surface area contributed by atoms with Crippen LogP contribution in [0.1, 0.15) is 25.8 Å². The predicted octanol–water partition coefficient (Wildman–Crippen LogP) is 1.40. The maximum atomic E-state index is 12.2. The largest absolute Gasteiger partial charge is 0.327 e. The molecule has 1 aliphatic rings. The zero-order chi connectivity index (χ0) is 16.3. The summed E-state index contributed by atoms with van der Waals surface area (Å²) in [5.74, 6) is 1.18. The molecule has 2 rings (SSSR count). The molecule has 2 N–H and O–H groups in total. The standard InChI is InChI=1S/C16H23N3O3/c1-11-6-12(2)9-18(8-11)10-16(20)17-15-7-14(19(21)22)5-4-13(15)3/h4-5,7,11-12H,6,8-10H2,1-3H3,(H,17,20)/p+1/t11-,12-/m1/s1. The van der Waals surface area contributed by atoms with Crippen molar-refractivity contribution in [3.8, 4) is 0 Å². The Morgan fingerprint density at radius 3 is 2.59 bits per heavy atom. The van der Waals surface area contributed by atoms with Crippen LogP contribution in [0.2, 0.25) is 0 Å². The van der Waals surface area contributed by atoms with Crippen molar-refractivity contribution < 1.29 is 14.6 Å². The molecule has 2 atom stereocenters. The molecule has 6 heteroatoms. The molecule has 1 amide bonds. The van der Waals surface area contributed by atoms with Crippen LogP contribution in [0.3, 0.4) is 0 Å². The Kier molecular flexibility index (Phi) is 5.13. The lowest BCUT2D eigenvalue weighted by molar-refractivity contribution is -0.904. The summed E-state index contributed by atoms with van der Waals surface area (Å²) in [6.07, 6.45) is 1.22. The van der Waals surface area contributed by atoms with E-state index < -0.39 is 4.92 Å². The average molecular weight is 306 g/mol. The number of carbonyl (C=O) groups excluding carboxylic acids is 1. The third-order valence-corrected chi connectivity index (χ3v) is 4.20. The molecule has 1 saturated heterocycles. The summed E-state index contributed by atoms with van der Waals surface area (Å²) in [4.78, 5) is 23.9. The van der Waals surface area contributed by atoms with Gasteiger partial charge in [0.2, 0.25) is 0 Å². The number of likely N-dealkylation sites (tertiary alicyclic amines) is 1. The van der Waals surface area contributed by atoms with Crippen LogP contribution in [-0.4, -0.2) is 30.5 Å². The number of nitrogens with zero attached hydrogens (tertiary/aromatic N) is 1. The van der Waals surface area contributed by atoms with E-state index in [4.69, 9.17) is 0 Å². The first kappa shape index (κ1) is 16.4. The number of quaternary nitrogens is 1. The quantitative estimate of drug-likeness (QED) is 0.652. The van der Waals surface area contributed by atoms with E-state index in [1.54, 1.807) is 6.07 Å². The van der Waals surface area contributed by atoms with Crippen molar-refractivity contribution in [3.05, 3.63) is 33.9 Å². The van der Waals surface area contributed by atoms with Gasteiger partial charge >= 0.3 is 0 Å². The number of aryl methyl sites for hydroxylation is 1. The molecule has 0 radical (unpaired) electrons. The highest BCUT2D eigenvalue weighted by Gasteiger charge is 2.26. The molecule has 1 aromatic rings. The molecule has 0 aromatic heterocycles. The van der Waals surface area contributed by atoms with Gasteiger partial charge in [-0.05, 0) is 18.9 Å². The Labute approximate surface area is 130 Å². The molecule has 1 fully saturated rings. The van der Waals surface area contributed by atoms with Gasteiger partial charge in [0.1, 0.15) is 0 Å². The summed E-state index contributed by atoms with van der Waals surface area (Å²) < 4.78 is 0. The number of piperidine rings is 1. The minimum atomic E-state index is -0.450. The first-order chi connectivity index (χ1) is 10.3. The lowest BCUT2D eigenvalue weighted by Gasteiger charge is -2.31. The van der Waals surface area contributed by atoms with Gasteiger partial charge in [0.05, 0.1) is 23.7 Å². The number of nitrogens with one attached hydrogen (secondary N) is 2. The van der Waals surface area contributed by atoms with Gasteiger partial charge < -0.3 is 10.2 Å². The second-order valence-corrected chi connectivity index (χ2v) is 6.59. The lowest BCUT2D eigenvalue weighted by Crippen LogP contribution is -3.15. The number of nitro benzene ring substituents is 1. The summed E-state index contributed by atoms with van der Waals surface area (Å²) in [7, 11) is 0. The van der Waals surface area contributed by atoms with Crippen LogP contribution in [0.15, 0.2) is 18.2 Å². The molecule has 0 aliphatic carbocycles. The van der Waals surface area contributed by atoms with Crippen LogP contribution in [-0.2, 0) is 4.79 Å². The summed E-state index contributed by atoms with van der Waals surface area (Å²) in [6.45, 7) is 8.70. The van der Waals surface area contributed by atoms with Crippen LogP contribution in [0.4, 0.5) is 11.4 Å². The van der Waals surface area contributed by atoms with Crippen LogP contribution < -0.4 is 10.2 Å². The van der Waals surface area contributed by atoms with Crippen molar-refractivity contribution in [2.45, 2.75) is 27.2 Å². The van der Waals surface area contributed by atoms with E-state index in [-0.39, 0.29) is 11.6 Å². The second kappa shape index (κ2) is 6.87. The molecular weight excluding hydrogens is 282 g/mol. The minimum absolute atomic E-state index is 0.00605. The number of carbonyl (C=O) groups is 1. The van der Waals surface area contributed by atoms with E-state index in [9.17, 15) is 14.9 Å². The molecule has 0 saturated carbocycles. The van der Waals surface area contributed by atoms with Crippen molar-refractivity contribution in [3.63, 3.8) is 0 Å². The number of rotatable bonds is 4. The molecule has 6 nitrogen and oxygen atoms in total. The van der Waals surface area contributed by atoms with Crippen molar-refractivity contribution in [1.82, 2.24) is 0 Å². The van der Waals surface area contributed by atoms with Gasteiger partial charge in [-0.25, -0.2) is 0 Å². The highest BCUT2D eigenvalue weighted by molar-refractivity contribution is 5.92. The van der Waals surface area contributed by atoms with Crippen molar-refractivity contribution in [2.24, 2.45) is 11.8 Å². The first-order valence-corrected chi connectivity index (χ1v) is 7.73. The fraction of sp³-hybridized carbons (Fsp3) is 0.562. The fourth-order valence-corrected chi connectivity index (χ4v) is 3.35. The zero-order valence-corrected chi connectivity index (χ0v) is 13.4. The molecule has 1 aliphatic heterocycles. The molecule has 0 spiro atoms. The number of hydrogen-bond donors (Lipinski definition) is 2. The number of amides is 1. The maximum absolute atomic E-state index is 12.2. The molecule has 22 heavy (non-hydrogen) atoms. The van der Waals surface area contributed by atoms with Crippen LogP contribution in [0.5, 0.6) is 0 Å². The highest BCUT2D eigenvalue weighted by atomic mass is 16.6. The Morgan fingerprint density at radius 1 is 1.36 bits per heavy atom. The summed E-state index contributed by atoms with van der Waals surface area (Å²) >= 11 is 0. The normalized spacial score (nSPS) is 24.8. The predicted molar refractivity (Wildman–Crippen MR) is 85.0 cm³/mol. The van der Waals surface area contributed by atoms with Crippen molar-refractivity contribution >= 4 is 17.3 Å². The minimum Gasteiger partial charge on any atom is -0.327 e. The van der Waals surface area contributed by atoms with Gasteiger partial charge in [0.25, 0.3) is 11.6 Å². The SMILES string of the molecule is Cc1ccc([N+](=O)[O-])cc1NC(=O)C[NH+]1C[C@H](C)C[C@@H](C)C1. The monoisotopic (exact) mass is 306 g/mol. The van der Waals surface area contributed by atoms with Crippen molar-refractivity contribution in [2.75, 3.05) is 25.0 Å². The smallest absolute Gasteiger partial charge is 0.279 e.